The standard InChI is InChI=1S/C5H7O2.Ag/c1-4(6)3-5(2)7;/h3H,1-2H3;. The summed E-state index contributed by atoms with van der Waals surface area (Å²) in [7, 11) is 0. The molecule has 0 aliphatic rings. The third kappa shape index (κ3) is 2.40. The van der Waals surface area contributed by atoms with Crippen LogP contribution in [0.15, 0.2) is 0 Å². The van der Waals surface area contributed by atoms with E-state index in [1.807, 2.05) is 0 Å². The first-order valence-corrected chi connectivity index (χ1v) is 3.02. The fraction of sp³-hybridized carbons (Fsp3) is 0.600. The van der Waals surface area contributed by atoms with Crippen molar-refractivity contribution in [1.29, 1.82) is 0 Å². The minimum absolute atomic E-state index is 0.142. The van der Waals surface area contributed by atoms with Crippen molar-refractivity contribution in [2.24, 2.45) is 0 Å². The van der Waals surface area contributed by atoms with Gasteiger partial charge in [-0.05, 0) is 0 Å². The van der Waals surface area contributed by atoms with Crippen molar-refractivity contribution >= 4 is 11.6 Å². The van der Waals surface area contributed by atoms with Gasteiger partial charge in [-0.2, -0.15) is 0 Å². The average Bonchev–Trinajstić information content (AvgIpc) is 1.64. The summed E-state index contributed by atoms with van der Waals surface area (Å²) in [6, 6.07) is 0. The van der Waals surface area contributed by atoms with Crippen LogP contribution in [-0.4, -0.2) is 11.6 Å². The summed E-state index contributed by atoms with van der Waals surface area (Å²) in [5.41, 5.74) is 0. The van der Waals surface area contributed by atoms with Gasteiger partial charge in [0.2, 0.25) is 0 Å². The molecule has 0 bridgehead atoms. The van der Waals surface area contributed by atoms with E-state index in [9.17, 15) is 9.59 Å². The predicted molar refractivity (Wildman–Crippen MR) is 25.1 cm³/mol. The Morgan fingerprint density at radius 1 is 1.25 bits per heavy atom. The van der Waals surface area contributed by atoms with E-state index < -0.39 is 4.14 Å². The molecule has 0 aromatic rings. The van der Waals surface area contributed by atoms with E-state index in [1.54, 1.807) is 0 Å². The van der Waals surface area contributed by atoms with Crippen molar-refractivity contribution in [3.8, 4) is 0 Å². The second kappa shape index (κ2) is 3.17. The fourth-order valence-corrected chi connectivity index (χ4v) is 0.286. The first-order chi connectivity index (χ1) is 3.55. The molecule has 0 saturated heterocycles. The molecule has 0 unspecified atom stereocenters. The molecule has 0 aromatic carbocycles. The average molecular weight is 207 g/mol. The van der Waals surface area contributed by atoms with Crippen LogP contribution >= 0.6 is 0 Å². The van der Waals surface area contributed by atoms with E-state index in [1.165, 1.54) is 13.8 Å². The molecule has 0 aliphatic carbocycles. The molecule has 50 valence electrons. The molecule has 0 N–H and O–H groups in total. The van der Waals surface area contributed by atoms with Crippen molar-refractivity contribution in [2.75, 3.05) is 0 Å². The van der Waals surface area contributed by atoms with Gasteiger partial charge in [0.25, 0.3) is 0 Å². The monoisotopic (exact) mass is 206 g/mol. The quantitative estimate of drug-likeness (QED) is 0.488. The topological polar surface area (TPSA) is 34.1 Å². The maximum atomic E-state index is 10.3. The predicted octanol–water partition coefficient (Wildman–Crippen LogP) is 0.500. The molecule has 0 rings (SSSR count). The van der Waals surface area contributed by atoms with Crippen LogP contribution in [0.25, 0.3) is 0 Å². The van der Waals surface area contributed by atoms with Crippen molar-refractivity contribution in [3.05, 3.63) is 0 Å². The number of hydrogen-bond acceptors (Lipinski definition) is 2. The second-order valence-corrected chi connectivity index (χ2v) is 2.40. The maximum absolute atomic E-state index is 10.3. The van der Waals surface area contributed by atoms with Crippen molar-refractivity contribution in [3.63, 3.8) is 0 Å². The molecule has 3 heteroatoms. The van der Waals surface area contributed by atoms with Crippen LogP contribution in [0.5, 0.6) is 0 Å². The second-order valence-electron chi connectivity index (χ2n) is 1.54. The van der Waals surface area contributed by atoms with Crippen LogP contribution in [0.1, 0.15) is 13.8 Å². The first-order valence-electron chi connectivity index (χ1n) is 2.16. The third-order valence-corrected chi connectivity index (χ3v) is 1.86. The molecule has 0 aliphatic heterocycles. The summed E-state index contributed by atoms with van der Waals surface area (Å²) < 4.78 is -0.597. The van der Waals surface area contributed by atoms with E-state index in [4.69, 9.17) is 0 Å². The summed E-state index contributed by atoms with van der Waals surface area (Å²) in [6.45, 7) is 2.75. The number of carbonyl (C=O) groups excluding carboxylic acids is 2. The van der Waals surface area contributed by atoms with E-state index in [0.29, 0.717) is 0 Å². The Morgan fingerprint density at radius 3 is 1.50 bits per heavy atom. The van der Waals surface area contributed by atoms with E-state index in [-0.39, 0.29) is 11.6 Å². The van der Waals surface area contributed by atoms with Gasteiger partial charge in [0.1, 0.15) is 0 Å². The molecule has 0 spiro atoms. The van der Waals surface area contributed by atoms with Crippen LogP contribution < -0.4 is 0 Å². The molecule has 8 heavy (non-hydrogen) atoms. The molecule has 0 aromatic heterocycles. The van der Waals surface area contributed by atoms with E-state index >= 15 is 0 Å². The number of ketones is 2. The molecule has 2 nitrogen and oxygen atoms in total. The number of carbonyl (C=O) groups is 2. The summed E-state index contributed by atoms with van der Waals surface area (Å²) in [4.78, 5) is 20.6. The van der Waals surface area contributed by atoms with Gasteiger partial charge in [0.15, 0.2) is 0 Å². The molecule has 0 fully saturated rings. The Bertz CT molecular complexity index is 106. The zero-order chi connectivity index (χ0) is 6.73. The number of hydrogen-bond donors (Lipinski definition) is 0. The summed E-state index contributed by atoms with van der Waals surface area (Å²) in [5.74, 6) is -0.285. The van der Waals surface area contributed by atoms with Gasteiger partial charge < -0.3 is 0 Å². The Balaban J connectivity index is 3.83. The van der Waals surface area contributed by atoms with Crippen LogP contribution in [0.2, 0.25) is 4.14 Å². The van der Waals surface area contributed by atoms with Gasteiger partial charge in [-0.3, -0.25) is 0 Å². The molecule has 0 amide bonds. The van der Waals surface area contributed by atoms with E-state index in [0.717, 1.165) is 0 Å². The minimum atomic E-state index is -0.597. The Labute approximate surface area is 60.6 Å². The molecule has 0 radical (unpaired) electrons. The van der Waals surface area contributed by atoms with Gasteiger partial charge in [-0.1, -0.05) is 0 Å². The van der Waals surface area contributed by atoms with Crippen LogP contribution in [-0.2, 0) is 30.7 Å². The van der Waals surface area contributed by atoms with Gasteiger partial charge in [0, 0.05) is 0 Å². The first kappa shape index (κ1) is 8.08. The fourth-order valence-electron chi connectivity index (χ4n) is 0.286. The van der Waals surface area contributed by atoms with Crippen LogP contribution in [0.3, 0.4) is 0 Å². The molecule has 0 atom stereocenters. The number of rotatable bonds is 2. The van der Waals surface area contributed by atoms with Crippen LogP contribution in [0.4, 0.5) is 0 Å². The Kier molecular flexibility index (Phi) is 3.21. The van der Waals surface area contributed by atoms with Gasteiger partial charge in [-0.25, -0.2) is 0 Å². The van der Waals surface area contributed by atoms with Crippen molar-refractivity contribution in [1.82, 2.24) is 0 Å². The Hall–Kier alpha value is 0.0803. The van der Waals surface area contributed by atoms with Gasteiger partial charge >= 0.3 is 60.2 Å². The SMILES string of the molecule is CC(=O)[CH]([Ag])C(C)=O. The zero-order valence-corrected chi connectivity index (χ0v) is 6.18. The summed E-state index contributed by atoms with van der Waals surface area (Å²) in [6.07, 6.45) is 0. The van der Waals surface area contributed by atoms with Crippen molar-refractivity contribution in [2.45, 2.75) is 18.0 Å². The van der Waals surface area contributed by atoms with Gasteiger partial charge in [-0.15, -0.1) is 0 Å². The third-order valence-electron chi connectivity index (χ3n) is 0.652. The summed E-state index contributed by atoms with van der Waals surface area (Å²) >= 11 is 2.92. The molecular weight excluding hydrogens is 200 g/mol. The van der Waals surface area contributed by atoms with Crippen molar-refractivity contribution < 1.29 is 30.7 Å². The number of Topliss-reactive ketones (excluding diaryl/α,β-unsaturated/α-hetero) is 2. The normalized spacial score (nSPS) is 9.62. The Morgan fingerprint density at radius 2 is 1.50 bits per heavy atom. The molecule has 0 saturated carbocycles. The molecular formula is C5H7AgO2. The van der Waals surface area contributed by atoms with Crippen LogP contribution in [0, 0.1) is 0 Å². The van der Waals surface area contributed by atoms with Gasteiger partial charge in [0.05, 0.1) is 0 Å². The summed E-state index contributed by atoms with van der Waals surface area (Å²) in [5, 5.41) is 0. The van der Waals surface area contributed by atoms with E-state index in [2.05, 4.69) is 21.1 Å². The zero-order valence-electron chi connectivity index (χ0n) is 4.70. The molecule has 0 heterocycles.